The monoisotopic (exact) mass is 216 g/mol. The summed E-state index contributed by atoms with van der Waals surface area (Å²) in [6, 6.07) is 7.02. The molecule has 3 atom stereocenters. The van der Waals surface area contributed by atoms with Gasteiger partial charge in [-0.3, -0.25) is 0 Å². The number of pyridine rings is 1. The summed E-state index contributed by atoms with van der Waals surface area (Å²) in [6.45, 7) is 3.61. The molecule has 2 fully saturated rings. The number of fused-ring (bicyclic) bond motifs is 1. The lowest BCUT2D eigenvalue weighted by molar-refractivity contribution is 0.293. The molecule has 1 aromatic heterocycles. The van der Waals surface area contributed by atoms with Gasteiger partial charge >= 0.3 is 0 Å². The van der Waals surface area contributed by atoms with Crippen LogP contribution in [0.3, 0.4) is 0 Å². The summed E-state index contributed by atoms with van der Waals surface area (Å²) in [5, 5.41) is 0. The molecule has 0 amide bonds. The molecule has 1 aliphatic carbocycles. The van der Waals surface area contributed by atoms with E-state index in [9.17, 15) is 0 Å². The zero-order valence-corrected chi connectivity index (χ0v) is 9.97. The molecule has 2 nitrogen and oxygen atoms in total. The Hall–Kier alpha value is -1.05. The molecule has 0 aromatic carbocycles. The molecule has 1 aliphatic heterocycles. The Balaban J connectivity index is 1.86. The Morgan fingerprint density at radius 3 is 2.94 bits per heavy atom. The van der Waals surface area contributed by atoms with Crippen molar-refractivity contribution in [3.8, 4) is 0 Å². The van der Waals surface area contributed by atoms with Crippen LogP contribution in [0, 0.1) is 11.8 Å². The van der Waals surface area contributed by atoms with Crippen molar-refractivity contribution in [2.45, 2.75) is 38.6 Å². The van der Waals surface area contributed by atoms with Gasteiger partial charge < -0.3 is 4.90 Å². The highest BCUT2D eigenvalue weighted by Gasteiger charge is 2.40. The van der Waals surface area contributed by atoms with Crippen LogP contribution in [0.25, 0.3) is 0 Å². The predicted octanol–water partition coefficient (Wildman–Crippen LogP) is 3.10. The summed E-state index contributed by atoms with van der Waals surface area (Å²) in [7, 11) is 0. The summed E-state index contributed by atoms with van der Waals surface area (Å²) in [5.74, 6) is 2.94. The highest BCUT2D eigenvalue weighted by Crippen LogP contribution is 2.41. The van der Waals surface area contributed by atoms with Crippen molar-refractivity contribution in [3.63, 3.8) is 0 Å². The summed E-state index contributed by atoms with van der Waals surface area (Å²) in [6.07, 6.45) is 7.54. The lowest BCUT2D eigenvalue weighted by Gasteiger charge is -2.32. The quantitative estimate of drug-likeness (QED) is 0.717. The van der Waals surface area contributed by atoms with Crippen LogP contribution in [0.4, 0.5) is 5.82 Å². The Labute approximate surface area is 97.7 Å². The Morgan fingerprint density at radius 1 is 1.25 bits per heavy atom. The van der Waals surface area contributed by atoms with Gasteiger partial charge in [-0.2, -0.15) is 0 Å². The summed E-state index contributed by atoms with van der Waals surface area (Å²) < 4.78 is 0. The fourth-order valence-corrected chi connectivity index (χ4v) is 3.56. The van der Waals surface area contributed by atoms with Gasteiger partial charge in [0, 0.05) is 18.8 Å². The topological polar surface area (TPSA) is 16.1 Å². The molecular formula is C14H20N2. The van der Waals surface area contributed by atoms with Gasteiger partial charge in [-0.1, -0.05) is 25.8 Å². The van der Waals surface area contributed by atoms with Crippen LogP contribution >= 0.6 is 0 Å². The van der Waals surface area contributed by atoms with Gasteiger partial charge in [0.1, 0.15) is 5.82 Å². The first kappa shape index (κ1) is 10.1. The van der Waals surface area contributed by atoms with Gasteiger partial charge in [-0.05, 0) is 36.8 Å². The molecule has 0 spiro atoms. The zero-order chi connectivity index (χ0) is 11.0. The number of anilines is 1. The first-order valence-corrected chi connectivity index (χ1v) is 6.54. The number of nitrogens with zero attached hydrogens (tertiary/aromatic N) is 2. The molecule has 16 heavy (non-hydrogen) atoms. The Kier molecular flexibility index (Phi) is 2.58. The third-order valence-electron chi connectivity index (χ3n) is 4.34. The fraction of sp³-hybridized carbons (Fsp3) is 0.643. The lowest BCUT2D eigenvalue weighted by atomic mass is 9.80. The SMILES string of the molecule is CC1CN(c2ccccn2)C2CCCCC12. The molecule has 0 N–H and O–H groups in total. The molecule has 86 valence electrons. The number of aromatic nitrogens is 1. The van der Waals surface area contributed by atoms with Gasteiger partial charge in [0.25, 0.3) is 0 Å². The van der Waals surface area contributed by atoms with Crippen LogP contribution in [0.15, 0.2) is 24.4 Å². The second kappa shape index (κ2) is 4.08. The van der Waals surface area contributed by atoms with E-state index in [-0.39, 0.29) is 0 Å². The molecule has 2 aliphatic rings. The molecule has 2 heteroatoms. The van der Waals surface area contributed by atoms with Gasteiger partial charge in [-0.15, -0.1) is 0 Å². The van der Waals surface area contributed by atoms with Crippen molar-refractivity contribution in [1.29, 1.82) is 0 Å². The Morgan fingerprint density at radius 2 is 2.12 bits per heavy atom. The van der Waals surface area contributed by atoms with E-state index in [0.717, 1.165) is 17.9 Å². The third-order valence-corrected chi connectivity index (χ3v) is 4.34. The normalized spacial score (nSPS) is 33.8. The van der Waals surface area contributed by atoms with Crippen LogP contribution in [0.1, 0.15) is 32.6 Å². The zero-order valence-electron chi connectivity index (χ0n) is 9.97. The maximum Gasteiger partial charge on any atom is 0.128 e. The van der Waals surface area contributed by atoms with Crippen molar-refractivity contribution < 1.29 is 0 Å². The van der Waals surface area contributed by atoms with Crippen LogP contribution in [-0.2, 0) is 0 Å². The first-order valence-electron chi connectivity index (χ1n) is 6.54. The van der Waals surface area contributed by atoms with Crippen LogP contribution in [-0.4, -0.2) is 17.6 Å². The molecule has 0 bridgehead atoms. The van der Waals surface area contributed by atoms with E-state index in [4.69, 9.17) is 0 Å². The van der Waals surface area contributed by atoms with Gasteiger partial charge in [0.05, 0.1) is 0 Å². The van der Waals surface area contributed by atoms with Crippen LogP contribution < -0.4 is 4.90 Å². The van der Waals surface area contributed by atoms with Gasteiger partial charge in [0.2, 0.25) is 0 Å². The number of hydrogen-bond acceptors (Lipinski definition) is 2. The maximum absolute atomic E-state index is 4.51. The van der Waals surface area contributed by atoms with Crippen molar-refractivity contribution in [1.82, 2.24) is 4.98 Å². The van der Waals surface area contributed by atoms with Crippen molar-refractivity contribution in [2.24, 2.45) is 11.8 Å². The Bertz CT molecular complexity index is 349. The van der Waals surface area contributed by atoms with Crippen molar-refractivity contribution in [2.75, 3.05) is 11.4 Å². The second-order valence-electron chi connectivity index (χ2n) is 5.33. The van der Waals surface area contributed by atoms with Crippen molar-refractivity contribution >= 4 is 5.82 Å². The first-order chi connectivity index (χ1) is 7.86. The highest BCUT2D eigenvalue weighted by atomic mass is 15.2. The average Bonchev–Trinajstić information content (AvgIpc) is 2.69. The van der Waals surface area contributed by atoms with Gasteiger partial charge in [0.15, 0.2) is 0 Å². The molecule has 1 aromatic rings. The molecule has 3 rings (SSSR count). The number of hydrogen-bond donors (Lipinski definition) is 0. The van der Waals surface area contributed by atoms with E-state index >= 15 is 0 Å². The van der Waals surface area contributed by atoms with Crippen LogP contribution in [0.5, 0.6) is 0 Å². The van der Waals surface area contributed by atoms with E-state index in [1.54, 1.807) is 0 Å². The minimum absolute atomic E-state index is 0.763. The highest BCUT2D eigenvalue weighted by molar-refractivity contribution is 5.41. The molecule has 0 radical (unpaired) electrons. The molecule has 1 saturated heterocycles. The minimum Gasteiger partial charge on any atom is -0.353 e. The van der Waals surface area contributed by atoms with E-state index in [1.165, 1.54) is 38.0 Å². The van der Waals surface area contributed by atoms with E-state index < -0.39 is 0 Å². The smallest absolute Gasteiger partial charge is 0.128 e. The van der Waals surface area contributed by atoms with E-state index in [1.807, 2.05) is 12.3 Å². The summed E-state index contributed by atoms with van der Waals surface area (Å²) in [4.78, 5) is 7.06. The number of rotatable bonds is 1. The molecule has 1 saturated carbocycles. The molecule has 3 unspecified atom stereocenters. The van der Waals surface area contributed by atoms with E-state index in [2.05, 4.69) is 28.9 Å². The standard InChI is InChI=1S/C14H20N2/c1-11-10-16(14-8-4-5-9-15-14)13-7-3-2-6-12(11)13/h4-5,8-9,11-13H,2-3,6-7,10H2,1H3. The summed E-state index contributed by atoms with van der Waals surface area (Å²) in [5.41, 5.74) is 0. The fourth-order valence-electron chi connectivity index (χ4n) is 3.56. The van der Waals surface area contributed by atoms with E-state index in [0.29, 0.717) is 0 Å². The second-order valence-corrected chi connectivity index (χ2v) is 5.33. The lowest BCUT2D eigenvalue weighted by Crippen LogP contribution is -2.35. The van der Waals surface area contributed by atoms with Crippen LogP contribution in [0.2, 0.25) is 0 Å². The minimum atomic E-state index is 0.763. The van der Waals surface area contributed by atoms with Gasteiger partial charge in [-0.25, -0.2) is 4.98 Å². The predicted molar refractivity (Wildman–Crippen MR) is 66.5 cm³/mol. The third kappa shape index (κ3) is 1.60. The molecule has 2 heterocycles. The largest absolute Gasteiger partial charge is 0.353 e. The summed E-state index contributed by atoms with van der Waals surface area (Å²) >= 11 is 0. The average molecular weight is 216 g/mol. The molecular weight excluding hydrogens is 196 g/mol. The maximum atomic E-state index is 4.51. The van der Waals surface area contributed by atoms with Crippen molar-refractivity contribution in [3.05, 3.63) is 24.4 Å².